The SMILES string of the molecule is C=C(CNC(C)C)CN1CCC(CC(N)=O)CC1. The molecule has 0 aliphatic carbocycles. The van der Waals surface area contributed by atoms with Crippen LogP contribution in [0.15, 0.2) is 12.2 Å². The molecular formula is C14H27N3O. The first kappa shape index (κ1) is 15.2. The molecule has 1 amide bonds. The molecule has 0 bridgehead atoms. The van der Waals surface area contributed by atoms with Crippen LogP contribution in [0.3, 0.4) is 0 Å². The lowest BCUT2D eigenvalue weighted by molar-refractivity contribution is -0.119. The average Bonchev–Trinajstić information content (AvgIpc) is 2.28. The second-order valence-electron chi connectivity index (χ2n) is 5.68. The number of carbonyl (C=O) groups excluding carboxylic acids is 1. The van der Waals surface area contributed by atoms with Gasteiger partial charge in [-0.2, -0.15) is 0 Å². The summed E-state index contributed by atoms with van der Waals surface area (Å²) in [4.78, 5) is 13.3. The molecule has 18 heavy (non-hydrogen) atoms. The van der Waals surface area contributed by atoms with E-state index in [1.807, 2.05) is 0 Å². The maximum Gasteiger partial charge on any atom is 0.217 e. The van der Waals surface area contributed by atoms with E-state index in [0.29, 0.717) is 18.4 Å². The quantitative estimate of drug-likeness (QED) is 0.669. The molecule has 0 radical (unpaired) electrons. The van der Waals surface area contributed by atoms with Gasteiger partial charge in [-0.05, 0) is 37.4 Å². The van der Waals surface area contributed by atoms with Crippen molar-refractivity contribution in [3.05, 3.63) is 12.2 Å². The van der Waals surface area contributed by atoms with E-state index in [0.717, 1.165) is 39.0 Å². The molecule has 0 spiro atoms. The molecule has 0 aromatic carbocycles. The molecule has 1 saturated heterocycles. The molecular weight excluding hydrogens is 226 g/mol. The van der Waals surface area contributed by atoms with Crippen molar-refractivity contribution in [2.24, 2.45) is 11.7 Å². The molecule has 3 N–H and O–H groups in total. The van der Waals surface area contributed by atoms with Gasteiger partial charge < -0.3 is 11.1 Å². The lowest BCUT2D eigenvalue weighted by Gasteiger charge is -2.32. The van der Waals surface area contributed by atoms with Crippen LogP contribution in [0.5, 0.6) is 0 Å². The summed E-state index contributed by atoms with van der Waals surface area (Å²) < 4.78 is 0. The van der Waals surface area contributed by atoms with Crippen molar-refractivity contribution >= 4 is 5.91 Å². The van der Waals surface area contributed by atoms with Crippen molar-refractivity contribution < 1.29 is 4.79 Å². The topological polar surface area (TPSA) is 58.4 Å². The summed E-state index contributed by atoms with van der Waals surface area (Å²) >= 11 is 0. The number of nitrogens with two attached hydrogens (primary N) is 1. The number of carbonyl (C=O) groups is 1. The summed E-state index contributed by atoms with van der Waals surface area (Å²) in [5.41, 5.74) is 6.46. The van der Waals surface area contributed by atoms with Gasteiger partial charge in [-0.3, -0.25) is 9.69 Å². The number of likely N-dealkylation sites (tertiary alicyclic amines) is 1. The highest BCUT2D eigenvalue weighted by Gasteiger charge is 2.20. The van der Waals surface area contributed by atoms with Gasteiger partial charge in [0.05, 0.1) is 0 Å². The first-order chi connectivity index (χ1) is 8.47. The summed E-state index contributed by atoms with van der Waals surface area (Å²) in [7, 11) is 0. The predicted octanol–water partition coefficient (Wildman–Crippen LogP) is 1.13. The van der Waals surface area contributed by atoms with Crippen LogP contribution in [-0.4, -0.2) is 43.0 Å². The van der Waals surface area contributed by atoms with E-state index >= 15 is 0 Å². The number of nitrogens with one attached hydrogen (secondary N) is 1. The molecule has 1 aliphatic heterocycles. The Labute approximate surface area is 111 Å². The van der Waals surface area contributed by atoms with E-state index in [9.17, 15) is 4.79 Å². The van der Waals surface area contributed by atoms with E-state index < -0.39 is 0 Å². The Balaban J connectivity index is 2.18. The monoisotopic (exact) mass is 253 g/mol. The van der Waals surface area contributed by atoms with Crippen LogP contribution in [-0.2, 0) is 4.79 Å². The largest absolute Gasteiger partial charge is 0.370 e. The fourth-order valence-corrected chi connectivity index (χ4v) is 2.35. The van der Waals surface area contributed by atoms with Crippen molar-refractivity contribution in [3.63, 3.8) is 0 Å². The lowest BCUT2D eigenvalue weighted by Crippen LogP contribution is -2.37. The number of hydrogen-bond donors (Lipinski definition) is 2. The van der Waals surface area contributed by atoms with Crippen LogP contribution in [0.25, 0.3) is 0 Å². The Morgan fingerprint density at radius 3 is 2.56 bits per heavy atom. The van der Waals surface area contributed by atoms with Crippen LogP contribution >= 0.6 is 0 Å². The highest BCUT2D eigenvalue weighted by Crippen LogP contribution is 2.20. The van der Waals surface area contributed by atoms with E-state index in [-0.39, 0.29) is 5.91 Å². The molecule has 0 unspecified atom stereocenters. The molecule has 1 rings (SSSR count). The predicted molar refractivity (Wildman–Crippen MR) is 75.3 cm³/mol. The molecule has 1 heterocycles. The van der Waals surface area contributed by atoms with Gasteiger partial charge in [-0.15, -0.1) is 0 Å². The lowest BCUT2D eigenvalue weighted by atomic mass is 9.93. The molecule has 1 aliphatic rings. The van der Waals surface area contributed by atoms with Gasteiger partial charge in [0, 0.05) is 25.6 Å². The highest BCUT2D eigenvalue weighted by atomic mass is 16.1. The number of piperidine rings is 1. The van der Waals surface area contributed by atoms with Gasteiger partial charge in [0.1, 0.15) is 0 Å². The minimum absolute atomic E-state index is 0.168. The maximum absolute atomic E-state index is 10.9. The molecule has 0 aromatic rings. The first-order valence-corrected chi connectivity index (χ1v) is 6.88. The third-order valence-electron chi connectivity index (χ3n) is 3.40. The number of primary amides is 1. The van der Waals surface area contributed by atoms with Gasteiger partial charge in [0.2, 0.25) is 5.91 Å². The van der Waals surface area contributed by atoms with Crippen molar-refractivity contribution in [2.45, 2.75) is 39.2 Å². The summed E-state index contributed by atoms with van der Waals surface area (Å²) in [5, 5.41) is 3.38. The summed E-state index contributed by atoms with van der Waals surface area (Å²) in [5.74, 6) is 0.319. The van der Waals surface area contributed by atoms with E-state index in [1.165, 1.54) is 5.57 Å². The third-order valence-corrected chi connectivity index (χ3v) is 3.40. The molecule has 4 heteroatoms. The van der Waals surface area contributed by atoms with Crippen LogP contribution in [0, 0.1) is 5.92 Å². The van der Waals surface area contributed by atoms with E-state index in [2.05, 4.69) is 30.6 Å². The second kappa shape index (κ2) is 7.54. The zero-order chi connectivity index (χ0) is 13.5. The second-order valence-corrected chi connectivity index (χ2v) is 5.68. The Hall–Kier alpha value is -0.870. The van der Waals surface area contributed by atoms with Crippen molar-refractivity contribution in [2.75, 3.05) is 26.2 Å². The number of hydrogen-bond acceptors (Lipinski definition) is 3. The number of nitrogens with zero attached hydrogens (tertiary/aromatic N) is 1. The zero-order valence-corrected chi connectivity index (χ0v) is 11.7. The van der Waals surface area contributed by atoms with E-state index in [1.54, 1.807) is 0 Å². The summed E-state index contributed by atoms with van der Waals surface area (Å²) in [6, 6.07) is 0.503. The fraction of sp³-hybridized carbons (Fsp3) is 0.786. The molecule has 4 nitrogen and oxygen atoms in total. The van der Waals surface area contributed by atoms with Crippen molar-refractivity contribution in [3.8, 4) is 0 Å². The molecule has 0 atom stereocenters. The van der Waals surface area contributed by atoms with Crippen molar-refractivity contribution in [1.29, 1.82) is 0 Å². The molecule has 104 valence electrons. The molecule has 0 aromatic heterocycles. The first-order valence-electron chi connectivity index (χ1n) is 6.88. The normalized spacial score (nSPS) is 18.2. The number of amides is 1. The van der Waals surface area contributed by atoms with Crippen molar-refractivity contribution in [1.82, 2.24) is 10.2 Å². The minimum Gasteiger partial charge on any atom is -0.370 e. The van der Waals surface area contributed by atoms with Gasteiger partial charge in [0.15, 0.2) is 0 Å². The van der Waals surface area contributed by atoms with Crippen LogP contribution in [0.1, 0.15) is 33.1 Å². The Morgan fingerprint density at radius 1 is 1.44 bits per heavy atom. The minimum atomic E-state index is -0.168. The Morgan fingerprint density at radius 2 is 2.06 bits per heavy atom. The van der Waals surface area contributed by atoms with Crippen LogP contribution < -0.4 is 11.1 Å². The zero-order valence-electron chi connectivity index (χ0n) is 11.7. The van der Waals surface area contributed by atoms with Gasteiger partial charge in [0.25, 0.3) is 0 Å². The molecule has 1 fully saturated rings. The highest BCUT2D eigenvalue weighted by molar-refractivity contribution is 5.73. The smallest absolute Gasteiger partial charge is 0.217 e. The Bertz CT molecular complexity index is 281. The maximum atomic E-state index is 10.9. The van der Waals surface area contributed by atoms with Gasteiger partial charge >= 0.3 is 0 Å². The van der Waals surface area contributed by atoms with Crippen LogP contribution in [0.4, 0.5) is 0 Å². The number of rotatable bonds is 7. The summed E-state index contributed by atoms with van der Waals surface area (Å²) in [6.07, 6.45) is 2.70. The fourth-order valence-electron chi connectivity index (χ4n) is 2.35. The molecule has 0 saturated carbocycles. The van der Waals surface area contributed by atoms with E-state index in [4.69, 9.17) is 5.73 Å². The van der Waals surface area contributed by atoms with Gasteiger partial charge in [-0.1, -0.05) is 20.4 Å². The summed E-state index contributed by atoms with van der Waals surface area (Å²) in [6.45, 7) is 12.4. The third kappa shape index (κ3) is 6.17. The average molecular weight is 253 g/mol. The Kier molecular flexibility index (Phi) is 6.36. The van der Waals surface area contributed by atoms with Gasteiger partial charge in [-0.25, -0.2) is 0 Å². The van der Waals surface area contributed by atoms with Crippen LogP contribution in [0.2, 0.25) is 0 Å². The standard InChI is InChI=1S/C14H27N3O/c1-11(2)16-9-12(3)10-17-6-4-13(5-7-17)8-14(15)18/h11,13,16H,3-10H2,1-2H3,(H2,15,18).